The first-order chi connectivity index (χ1) is 17.7. The number of ketones is 1. The van der Waals surface area contributed by atoms with Gasteiger partial charge < -0.3 is 25.2 Å². The van der Waals surface area contributed by atoms with Crippen molar-refractivity contribution >= 4 is 17.7 Å². The number of nitrogens with two attached hydrogens (primary N) is 1. The van der Waals surface area contributed by atoms with Crippen molar-refractivity contribution in [3.63, 3.8) is 0 Å². The molecule has 1 aromatic carbocycles. The molecule has 1 saturated heterocycles. The van der Waals surface area contributed by atoms with E-state index < -0.39 is 54.5 Å². The molecule has 12 heteroatoms. The van der Waals surface area contributed by atoms with E-state index >= 15 is 8.78 Å². The second-order valence-electron chi connectivity index (χ2n) is 9.57. The van der Waals surface area contributed by atoms with Gasteiger partial charge in [0.25, 0.3) is 11.8 Å². The summed E-state index contributed by atoms with van der Waals surface area (Å²) >= 11 is 0. The number of carbonyl (C=O) groups is 3. The number of nitrogens with one attached hydrogen (secondary N) is 1. The van der Waals surface area contributed by atoms with Gasteiger partial charge in [-0.15, -0.1) is 0 Å². The summed E-state index contributed by atoms with van der Waals surface area (Å²) in [5.41, 5.74) is 5.90. The maximum atomic E-state index is 15.3. The highest BCUT2D eigenvalue weighted by molar-refractivity contribution is 5.98. The number of primary amides is 1. The number of Topliss-reactive ketones (excluding diaryl/α,β-unsaturated/α-hetero) is 1. The van der Waals surface area contributed by atoms with Crippen molar-refractivity contribution in [2.75, 3.05) is 19.8 Å². The van der Waals surface area contributed by atoms with Gasteiger partial charge in [0.1, 0.15) is 0 Å². The Balaban J connectivity index is 1.54. The molecule has 37 heavy (non-hydrogen) atoms. The van der Waals surface area contributed by atoms with E-state index in [2.05, 4.69) is 15.5 Å². The van der Waals surface area contributed by atoms with E-state index in [1.165, 1.54) is 4.90 Å². The Labute approximate surface area is 212 Å². The summed E-state index contributed by atoms with van der Waals surface area (Å²) in [5, 5.41) is 6.41. The minimum absolute atomic E-state index is 0.0656. The molecule has 4 rings (SSSR count). The number of ether oxygens (including phenoxy) is 1. The third-order valence-electron chi connectivity index (χ3n) is 6.71. The fraction of sp³-hybridized carbons (Fsp3) is 0.560. The van der Waals surface area contributed by atoms with Gasteiger partial charge in [-0.1, -0.05) is 42.4 Å². The van der Waals surface area contributed by atoms with Gasteiger partial charge >= 0.3 is 6.03 Å². The minimum atomic E-state index is -3.29. The van der Waals surface area contributed by atoms with E-state index in [0.29, 0.717) is 11.4 Å². The molecule has 1 saturated carbocycles. The topological polar surface area (TPSA) is 141 Å². The summed E-state index contributed by atoms with van der Waals surface area (Å²) in [7, 11) is 0. The molecule has 3 amide bonds. The average molecular weight is 520 g/mol. The van der Waals surface area contributed by atoms with E-state index in [9.17, 15) is 14.4 Å². The molecular formula is C25H31F2N5O5. The van der Waals surface area contributed by atoms with E-state index in [1.54, 1.807) is 37.3 Å². The van der Waals surface area contributed by atoms with Gasteiger partial charge in [-0.05, 0) is 24.8 Å². The fourth-order valence-electron chi connectivity index (χ4n) is 4.54. The van der Waals surface area contributed by atoms with Crippen LogP contribution in [0.5, 0.6) is 0 Å². The molecule has 2 fully saturated rings. The Morgan fingerprint density at radius 3 is 2.62 bits per heavy atom. The maximum Gasteiger partial charge on any atom is 0.315 e. The van der Waals surface area contributed by atoms with Crippen LogP contribution in [-0.4, -0.2) is 70.5 Å². The quantitative estimate of drug-likeness (QED) is 0.435. The molecule has 2 aliphatic rings. The van der Waals surface area contributed by atoms with Crippen molar-refractivity contribution in [1.29, 1.82) is 0 Å². The Kier molecular flexibility index (Phi) is 8.16. The molecular weight excluding hydrogens is 488 g/mol. The molecule has 2 heterocycles. The second kappa shape index (κ2) is 11.3. The van der Waals surface area contributed by atoms with Crippen molar-refractivity contribution < 1.29 is 32.4 Å². The minimum Gasteiger partial charge on any atom is -0.377 e. The molecule has 0 spiro atoms. The van der Waals surface area contributed by atoms with Gasteiger partial charge in [-0.25, -0.2) is 13.6 Å². The lowest BCUT2D eigenvalue weighted by Gasteiger charge is -2.39. The molecule has 2 aromatic rings. The van der Waals surface area contributed by atoms with Crippen LogP contribution in [0.15, 0.2) is 34.9 Å². The third kappa shape index (κ3) is 6.68. The lowest BCUT2D eigenvalue weighted by molar-refractivity contribution is -0.135. The zero-order valence-corrected chi connectivity index (χ0v) is 20.6. The van der Waals surface area contributed by atoms with Crippen LogP contribution in [0, 0.1) is 5.92 Å². The van der Waals surface area contributed by atoms with E-state index in [0.717, 1.165) is 12.8 Å². The molecule has 0 radical (unpaired) electrons. The lowest BCUT2D eigenvalue weighted by atomic mass is 9.88. The van der Waals surface area contributed by atoms with Crippen LogP contribution in [0.2, 0.25) is 0 Å². The van der Waals surface area contributed by atoms with Crippen LogP contribution < -0.4 is 11.1 Å². The van der Waals surface area contributed by atoms with Crippen molar-refractivity contribution in [3.05, 3.63) is 47.6 Å². The Bertz CT molecular complexity index is 1110. The summed E-state index contributed by atoms with van der Waals surface area (Å²) in [6.45, 7) is 1.77. The fourth-order valence-corrected chi connectivity index (χ4v) is 4.54. The van der Waals surface area contributed by atoms with E-state index in [1.807, 2.05) is 0 Å². The third-order valence-corrected chi connectivity index (χ3v) is 6.71. The summed E-state index contributed by atoms with van der Waals surface area (Å²) in [6, 6.07) is 5.26. The summed E-state index contributed by atoms with van der Waals surface area (Å²) in [6.07, 6.45) is 0.533. The molecule has 1 unspecified atom stereocenters. The zero-order chi connectivity index (χ0) is 26.6. The Morgan fingerprint density at radius 2 is 1.97 bits per heavy atom. The SMILES string of the molecule is CC[C@H](NC(=O)[C@@H](CC(F)(F)Cc1ccccc1)C1COCCN1C(N)=O)C(=O)c1nc(C2CC2)no1. The summed E-state index contributed by atoms with van der Waals surface area (Å²) in [5.74, 6) is -5.71. The molecule has 1 aliphatic heterocycles. The highest BCUT2D eigenvalue weighted by atomic mass is 19.3. The number of aromatic nitrogens is 2. The molecule has 0 bridgehead atoms. The van der Waals surface area contributed by atoms with Crippen molar-refractivity contribution in [1.82, 2.24) is 20.4 Å². The van der Waals surface area contributed by atoms with E-state index in [4.69, 9.17) is 15.0 Å². The van der Waals surface area contributed by atoms with Crippen molar-refractivity contribution in [2.45, 2.75) is 63.0 Å². The molecule has 3 N–H and O–H groups in total. The first-order valence-corrected chi connectivity index (χ1v) is 12.4. The van der Waals surface area contributed by atoms with Crippen molar-refractivity contribution in [2.24, 2.45) is 11.7 Å². The number of morpholine rings is 1. The standard InChI is InChI=1S/C25H31F2N5O5/c1-2-18(20(33)23-30-21(31-37-23)16-8-9-16)29-22(34)17(19-14-36-11-10-32(19)24(28)35)13-25(26,27)12-15-6-4-3-5-7-15/h3-7,16-19H,2,8-14H2,1H3,(H2,28,35)(H,29,34)/t17-,18-,19?/m0/s1. The summed E-state index contributed by atoms with van der Waals surface area (Å²) < 4.78 is 41.1. The molecule has 1 aromatic heterocycles. The molecule has 3 atom stereocenters. The van der Waals surface area contributed by atoms with Gasteiger partial charge in [0.2, 0.25) is 11.7 Å². The van der Waals surface area contributed by atoms with Crippen LogP contribution in [0.3, 0.4) is 0 Å². The summed E-state index contributed by atoms with van der Waals surface area (Å²) in [4.78, 5) is 43.9. The number of rotatable bonds is 11. The van der Waals surface area contributed by atoms with Crippen LogP contribution in [0.25, 0.3) is 0 Å². The van der Waals surface area contributed by atoms with Gasteiger partial charge in [-0.3, -0.25) is 9.59 Å². The maximum absolute atomic E-state index is 15.3. The van der Waals surface area contributed by atoms with Gasteiger partial charge in [0.15, 0.2) is 5.82 Å². The number of nitrogens with zero attached hydrogens (tertiary/aromatic N) is 3. The van der Waals surface area contributed by atoms with Gasteiger partial charge in [0, 0.05) is 25.3 Å². The molecule has 200 valence electrons. The van der Waals surface area contributed by atoms with Gasteiger partial charge in [-0.2, -0.15) is 4.98 Å². The molecule has 10 nitrogen and oxygen atoms in total. The highest BCUT2D eigenvalue weighted by Gasteiger charge is 2.44. The average Bonchev–Trinajstić information content (AvgIpc) is 3.61. The Hall–Kier alpha value is -3.41. The van der Waals surface area contributed by atoms with Crippen molar-refractivity contribution in [3.8, 4) is 0 Å². The number of alkyl halides is 2. The number of carbonyl (C=O) groups excluding carboxylic acids is 3. The smallest absolute Gasteiger partial charge is 0.315 e. The zero-order valence-electron chi connectivity index (χ0n) is 20.6. The first kappa shape index (κ1) is 26.6. The van der Waals surface area contributed by atoms with Crippen LogP contribution >= 0.6 is 0 Å². The van der Waals surface area contributed by atoms with Crippen LogP contribution in [0.4, 0.5) is 13.6 Å². The number of hydrogen-bond acceptors (Lipinski definition) is 7. The number of halogens is 2. The number of benzene rings is 1. The normalized spacial score (nSPS) is 19.8. The lowest BCUT2D eigenvalue weighted by Crippen LogP contribution is -2.58. The number of urea groups is 1. The Morgan fingerprint density at radius 1 is 1.24 bits per heavy atom. The second-order valence-corrected chi connectivity index (χ2v) is 9.57. The predicted molar refractivity (Wildman–Crippen MR) is 127 cm³/mol. The van der Waals surface area contributed by atoms with Crippen LogP contribution in [0.1, 0.15) is 60.6 Å². The number of hydrogen-bond donors (Lipinski definition) is 2. The van der Waals surface area contributed by atoms with Gasteiger partial charge in [0.05, 0.1) is 31.2 Å². The monoisotopic (exact) mass is 519 g/mol. The highest BCUT2D eigenvalue weighted by Crippen LogP contribution is 2.38. The van der Waals surface area contributed by atoms with E-state index in [-0.39, 0.29) is 38.0 Å². The first-order valence-electron chi connectivity index (χ1n) is 12.4. The predicted octanol–water partition coefficient (Wildman–Crippen LogP) is 2.69. The number of amides is 3. The largest absolute Gasteiger partial charge is 0.377 e. The molecule has 1 aliphatic carbocycles. The van der Waals surface area contributed by atoms with Crippen LogP contribution in [-0.2, 0) is 16.0 Å².